The molecule has 8 nitrogen and oxygen atoms in total. The maximum atomic E-state index is 13.1. The van der Waals surface area contributed by atoms with E-state index in [0.29, 0.717) is 36.4 Å². The van der Waals surface area contributed by atoms with E-state index in [1.807, 2.05) is 47.4 Å². The van der Waals surface area contributed by atoms with Gasteiger partial charge in [-0.2, -0.15) is 4.98 Å². The Labute approximate surface area is 204 Å². The van der Waals surface area contributed by atoms with E-state index in [0.717, 1.165) is 57.1 Å². The van der Waals surface area contributed by atoms with Crippen LogP contribution in [0.3, 0.4) is 0 Å². The van der Waals surface area contributed by atoms with Crippen molar-refractivity contribution in [3.8, 4) is 11.4 Å². The molecule has 3 heterocycles. The molecule has 0 N–H and O–H groups in total. The number of carbonyl (C=O) groups excluding carboxylic acids is 1. The molecule has 1 amide bonds. The molecule has 0 radical (unpaired) electrons. The van der Waals surface area contributed by atoms with Crippen molar-refractivity contribution in [2.45, 2.75) is 13.1 Å². The number of hydrogen-bond acceptors (Lipinski definition) is 7. The Morgan fingerprint density at radius 3 is 2.41 bits per heavy atom. The van der Waals surface area contributed by atoms with Crippen molar-refractivity contribution in [2.24, 2.45) is 0 Å². The van der Waals surface area contributed by atoms with Crippen molar-refractivity contribution < 1.29 is 14.1 Å². The summed E-state index contributed by atoms with van der Waals surface area (Å²) in [7, 11) is 0. The van der Waals surface area contributed by atoms with Crippen LogP contribution in [0.15, 0.2) is 53.1 Å². The van der Waals surface area contributed by atoms with Gasteiger partial charge in [-0.25, -0.2) is 0 Å². The highest BCUT2D eigenvalue weighted by molar-refractivity contribution is 6.30. The second kappa shape index (κ2) is 10.7. The van der Waals surface area contributed by atoms with E-state index < -0.39 is 0 Å². The van der Waals surface area contributed by atoms with Crippen molar-refractivity contribution in [3.05, 3.63) is 70.6 Å². The molecule has 0 bridgehead atoms. The molecule has 9 heteroatoms. The predicted octanol–water partition coefficient (Wildman–Crippen LogP) is 3.18. The Bertz CT molecular complexity index is 1110. The summed E-state index contributed by atoms with van der Waals surface area (Å²) < 4.78 is 10.9. The lowest BCUT2D eigenvalue weighted by Crippen LogP contribution is -2.48. The van der Waals surface area contributed by atoms with Gasteiger partial charge in [0.15, 0.2) is 0 Å². The van der Waals surface area contributed by atoms with Crippen LogP contribution in [0.1, 0.15) is 21.8 Å². The summed E-state index contributed by atoms with van der Waals surface area (Å²) in [4.78, 5) is 24.2. The lowest BCUT2D eigenvalue weighted by atomic mass is 10.1. The summed E-state index contributed by atoms with van der Waals surface area (Å²) >= 11 is 5.95. The number of aromatic nitrogens is 2. The molecular formula is C25H28ClN5O3. The fourth-order valence-electron chi connectivity index (χ4n) is 4.34. The molecule has 2 aliphatic heterocycles. The van der Waals surface area contributed by atoms with E-state index in [2.05, 4.69) is 26.0 Å². The summed E-state index contributed by atoms with van der Waals surface area (Å²) in [5, 5.41) is 4.75. The number of ether oxygens (including phenoxy) is 1. The number of benzene rings is 2. The van der Waals surface area contributed by atoms with Crippen molar-refractivity contribution in [3.63, 3.8) is 0 Å². The minimum Gasteiger partial charge on any atom is -0.379 e. The molecule has 2 aromatic carbocycles. The van der Waals surface area contributed by atoms with Crippen LogP contribution in [0.2, 0.25) is 5.02 Å². The number of nitrogens with zero attached hydrogens (tertiary/aromatic N) is 5. The minimum absolute atomic E-state index is 0.0892. The van der Waals surface area contributed by atoms with Crippen molar-refractivity contribution >= 4 is 17.5 Å². The lowest BCUT2D eigenvalue weighted by molar-refractivity contribution is 0.0341. The van der Waals surface area contributed by atoms with E-state index in [-0.39, 0.29) is 5.91 Å². The summed E-state index contributed by atoms with van der Waals surface area (Å²) in [6, 6.07) is 15.4. The number of piperazine rings is 1. The first-order valence-electron chi connectivity index (χ1n) is 11.6. The number of rotatable bonds is 6. The van der Waals surface area contributed by atoms with E-state index in [9.17, 15) is 4.79 Å². The summed E-state index contributed by atoms with van der Waals surface area (Å²) in [5.41, 5.74) is 2.79. The van der Waals surface area contributed by atoms with Crippen LogP contribution in [-0.4, -0.2) is 83.2 Å². The molecule has 2 saturated heterocycles. The molecule has 0 unspecified atom stereocenters. The van der Waals surface area contributed by atoms with Crippen LogP contribution >= 0.6 is 11.6 Å². The van der Waals surface area contributed by atoms with Gasteiger partial charge in [-0.3, -0.25) is 14.6 Å². The monoisotopic (exact) mass is 481 g/mol. The Hall–Kier alpha value is -2.78. The van der Waals surface area contributed by atoms with Crippen LogP contribution in [0.25, 0.3) is 11.4 Å². The van der Waals surface area contributed by atoms with Crippen LogP contribution in [0.4, 0.5) is 0 Å². The molecule has 1 aromatic heterocycles. The molecule has 5 rings (SSSR count). The van der Waals surface area contributed by atoms with Crippen LogP contribution in [0.5, 0.6) is 0 Å². The minimum atomic E-state index is 0.0892. The van der Waals surface area contributed by atoms with Crippen molar-refractivity contribution in [2.75, 3.05) is 52.5 Å². The highest BCUT2D eigenvalue weighted by atomic mass is 35.5. The zero-order valence-corrected chi connectivity index (χ0v) is 19.8. The van der Waals surface area contributed by atoms with E-state index >= 15 is 0 Å². The van der Waals surface area contributed by atoms with Gasteiger partial charge in [0.1, 0.15) is 0 Å². The van der Waals surface area contributed by atoms with Crippen LogP contribution in [0, 0.1) is 0 Å². The van der Waals surface area contributed by atoms with Gasteiger partial charge >= 0.3 is 0 Å². The zero-order chi connectivity index (χ0) is 23.3. The average molecular weight is 482 g/mol. The van der Waals surface area contributed by atoms with Gasteiger partial charge < -0.3 is 14.2 Å². The Morgan fingerprint density at radius 2 is 1.65 bits per heavy atom. The average Bonchev–Trinajstić information content (AvgIpc) is 3.34. The molecule has 3 aromatic rings. The number of morpholine rings is 1. The smallest absolute Gasteiger partial charge is 0.253 e. The second-order valence-corrected chi connectivity index (χ2v) is 9.11. The maximum Gasteiger partial charge on any atom is 0.253 e. The highest BCUT2D eigenvalue weighted by Gasteiger charge is 2.24. The molecule has 178 valence electrons. The number of halogens is 1. The molecule has 0 spiro atoms. The van der Waals surface area contributed by atoms with E-state index in [1.54, 1.807) is 0 Å². The molecule has 0 atom stereocenters. The molecule has 0 aliphatic carbocycles. The third-order valence-electron chi connectivity index (χ3n) is 6.27. The SMILES string of the molecule is O=C(c1cccc(CN2CCOCC2)c1)N1CCN(Cc2nc(-c3ccc(Cl)cc3)no2)CC1. The van der Waals surface area contributed by atoms with E-state index in [1.165, 1.54) is 5.56 Å². The van der Waals surface area contributed by atoms with Crippen molar-refractivity contribution in [1.82, 2.24) is 24.8 Å². The van der Waals surface area contributed by atoms with Crippen LogP contribution in [-0.2, 0) is 17.8 Å². The van der Waals surface area contributed by atoms with Crippen LogP contribution < -0.4 is 0 Å². The molecule has 2 fully saturated rings. The molecular weight excluding hydrogens is 454 g/mol. The third-order valence-corrected chi connectivity index (χ3v) is 6.52. The fourth-order valence-corrected chi connectivity index (χ4v) is 4.46. The zero-order valence-electron chi connectivity index (χ0n) is 19.0. The quantitative estimate of drug-likeness (QED) is 0.535. The topological polar surface area (TPSA) is 74.9 Å². The summed E-state index contributed by atoms with van der Waals surface area (Å²) in [6.07, 6.45) is 0. The van der Waals surface area contributed by atoms with Gasteiger partial charge in [-0.05, 0) is 42.0 Å². The molecule has 34 heavy (non-hydrogen) atoms. The fraction of sp³-hybridized carbons (Fsp3) is 0.400. The Kier molecular flexibility index (Phi) is 7.20. The predicted molar refractivity (Wildman–Crippen MR) is 128 cm³/mol. The number of hydrogen-bond donors (Lipinski definition) is 0. The largest absolute Gasteiger partial charge is 0.379 e. The maximum absolute atomic E-state index is 13.1. The first-order valence-corrected chi connectivity index (χ1v) is 12.0. The number of amides is 1. The first kappa shape index (κ1) is 23.0. The molecule has 2 aliphatic rings. The lowest BCUT2D eigenvalue weighted by Gasteiger charge is -2.34. The first-order chi connectivity index (χ1) is 16.6. The van der Waals surface area contributed by atoms with Crippen molar-refractivity contribution in [1.29, 1.82) is 0 Å². The van der Waals surface area contributed by atoms with Gasteiger partial charge in [-0.1, -0.05) is 28.9 Å². The normalized spacial score (nSPS) is 17.7. The van der Waals surface area contributed by atoms with Gasteiger partial charge in [0.25, 0.3) is 5.91 Å². The van der Waals surface area contributed by atoms with Gasteiger partial charge in [0, 0.05) is 62.0 Å². The van der Waals surface area contributed by atoms with E-state index in [4.69, 9.17) is 20.9 Å². The Balaban J connectivity index is 1.14. The summed E-state index contributed by atoms with van der Waals surface area (Å²) in [6.45, 7) is 7.69. The van der Waals surface area contributed by atoms with Gasteiger partial charge in [0.05, 0.1) is 19.8 Å². The van der Waals surface area contributed by atoms with Gasteiger partial charge in [0.2, 0.25) is 11.7 Å². The summed E-state index contributed by atoms with van der Waals surface area (Å²) in [5.74, 6) is 1.21. The second-order valence-electron chi connectivity index (χ2n) is 8.68. The van der Waals surface area contributed by atoms with Gasteiger partial charge in [-0.15, -0.1) is 0 Å². The Morgan fingerprint density at radius 1 is 0.912 bits per heavy atom. The third kappa shape index (κ3) is 5.64. The number of carbonyl (C=O) groups is 1. The highest BCUT2D eigenvalue weighted by Crippen LogP contribution is 2.20. The standard InChI is InChI=1S/C25H28ClN5O3/c26-22-6-4-20(5-7-22)24-27-23(34-28-24)18-29-8-10-31(11-9-29)25(32)21-3-1-2-19(16-21)17-30-12-14-33-15-13-30/h1-7,16H,8-15,17-18H2. The molecule has 0 saturated carbocycles.